The van der Waals surface area contributed by atoms with Crippen molar-refractivity contribution in [2.75, 3.05) is 0 Å². The quantitative estimate of drug-likeness (QED) is 0.544. The lowest BCUT2D eigenvalue weighted by Gasteiger charge is -2.45. The summed E-state index contributed by atoms with van der Waals surface area (Å²) in [5.41, 5.74) is 1.34. The molecule has 6 heteroatoms. The topological polar surface area (TPSA) is 0 Å². The lowest BCUT2D eigenvalue weighted by Crippen LogP contribution is -2.12. The molecule has 0 spiro atoms. The Hall–Kier alpha value is -0.420. The van der Waals surface area contributed by atoms with Gasteiger partial charge < -0.3 is 0 Å². The molecule has 0 amide bonds. The molecule has 0 unspecified atom stereocenters. The third kappa shape index (κ3) is 2.55. The van der Waals surface area contributed by atoms with Crippen molar-refractivity contribution in [3.63, 3.8) is 0 Å². The zero-order valence-electron chi connectivity index (χ0n) is 10.3. The Labute approximate surface area is 103 Å². The summed E-state index contributed by atoms with van der Waals surface area (Å²) in [7, 11) is -4.22. The van der Waals surface area contributed by atoms with E-state index in [2.05, 4.69) is 10.7 Å². The Morgan fingerprint density at radius 2 is 0.882 bits per heavy atom. The third-order valence-corrected chi connectivity index (χ3v) is 5.16. The van der Waals surface area contributed by atoms with Crippen LogP contribution in [0.25, 0.3) is 0 Å². The molecule has 0 fully saturated rings. The van der Waals surface area contributed by atoms with Crippen LogP contribution < -0.4 is 0 Å². The molecule has 0 saturated carbocycles. The van der Waals surface area contributed by atoms with E-state index in [1.54, 1.807) is 20.8 Å². The number of benzene rings is 1. The zero-order valence-corrected chi connectivity index (χ0v) is 11.9. The third-order valence-electron chi connectivity index (χ3n) is 3.32. The fraction of sp³-hybridized carbons (Fsp3) is 0.455. The van der Waals surface area contributed by atoms with Gasteiger partial charge in [-0.1, -0.05) is 0 Å². The lowest BCUT2D eigenvalue weighted by molar-refractivity contribution is 0.477. The molecule has 0 aliphatic carbocycles. The fourth-order valence-electron chi connectivity index (χ4n) is 2.04. The van der Waals surface area contributed by atoms with Gasteiger partial charge in [-0.2, -0.15) is 0 Å². The Kier molecular flexibility index (Phi) is 2.69. The Balaban J connectivity index is 3.95. The molecule has 0 atom stereocenters. The van der Waals surface area contributed by atoms with E-state index >= 15 is 0 Å². The highest BCUT2D eigenvalue weighted by Crippen LogP contribution is 3.05. The molecule has 17 heavy (non-hydrogen) atoms. The predicted molar refractivity (Wildman–Crippen MR) is 66.3 cm³/mol. The van der Waals surface area contributed by atoms with Gasteiger partial charge in [0.15, 0.2) is 0 Å². The van der Waals surface area contributed by atoms with Gasteiger partial charge in [-0.15, -0.1) is 15.5 Å². The summed E-state index contributed by atoms with van der Waals surface area (Å²) in [5, 5.41) is 0. The first-order chi connectivity index (χ1) is 7.16. The smallest absolute Gasteiger partial charge is 0.107 e. The first-order valence-electron chi connectivity index (χ1n) is 4.98. The van der Waals surface area contributed by atoms with Crippen LogP contribution in [-0.4, -0.2) is 0 Å². The van der Waals surface area contributed by atoms with Crippen molar-refractivity contribution in [3.8, 4) is 0 Å². The minimum atomic E-state index is -8.65. The van der Waals surface area contributed by atoms with Crippen LogP contribution in [0.5, 0.6) is 0 Å². The largest absolute Gasteiger partial charge is 0.254 e. The van der Waals surface area contributed by atoms with E-state index in [0.29, 0.717) is 11.1 Å². The fourth-order valence-corrected chi connectivity index (χ4v) is 4.20. The van der Waals surface area contributed by atoms with Crippen LogP contribution in [0.1, 0.15) is 27.8 Å². The molecule has 0 bridgehead atoms. The second-order valence-electron chi connectivity index (χ2n) is 4.42. The maximum atomic E-state index is 13.4. The highest BCUT2D eigenvalue weighted by atomic mass is 35.7. The van der Waals surface area contributed by atoms with Gasteiger partial charge in [0, 0.05) is 10.7 Å². The van der Waals surface area contributed by atoms with Gasteiger partial charge in [0.05, 0.1) is 4.90 Å². The monoisotopic (exact) mass is 290 g/mol. The second kappa shape index (κ2) is 3.12. The maximum Gasteiger partial charge on any atom is 0.254 e. The van der Waals surface area contributed by atoms with Crippen molar-refractivity contribution in [2.24, 2.45) is 0 Å². The molecule has 0 radical (unpaired) electrons. The molecule has 100 valence electrons. The van der Waals surface area contributed by atoms with Crippen molar-refractivity contribution in [3.05, 3.63) is 27.8 Å². The zero-order chi connectivity index (χ0) is 13.9. The van der Waals surface area contributed by atoms with Gasteiger partial charge in [0.2, 0.25) is 0 Å². The summed E-state index contributed by atoms with van der Waals surface area (Å²) in [6.07, 6.45) is 0. The lowest BCUT2D eigenvalue weighted by atomic mass is 9.95. The molecule has 0 nitrogen and oxygen atoms in total. The van der Waals surface area contributed by atoms with E-state index in [1.165, 1.54) is 13.8 Å². The standard InChI is InChI=1S/C11H15ClF4S/c1-6-7(2)9(4)11(10(5)8(6)3)17(12,13,14,15)16/h1-5H3. The highest BCUT2D eigenvalue weighted by Gasteiger charge is 2.64. The van der Waals surface area contributed by atoms with Crippen LogP contribution in [-0.2, 0) is 0 Å². The van der Waals surface area contributed by atoms with Crippen LogP contribution >= 0.6 is 19.7 Å². The summed E-state index contributed by atoms with van der Waals surface area (Å²) in [4.78, 5) is -1.28. The van der Waals surface area contributed by atoms with Gasteiger partial charge in [0.1, 0.15) is 0 Å². The average molecular weight is 291 g/mol. The molecule has 0 saturated heterocycles. The molecule has 1 aromatic rings. The summed E-state index contributed by atoms with van der Waals surface area (Å²) in [5.74, 6) is 0. The maximum absolute atomic E-state index is 13.4. The number of halogens is 5. The molecule has 0 aliphatic rings. The van der Waals surface area contributed by atoms with Crippen LogP contribution in [0.2, 0.25) is 0 Å². The number of hydrogen-bond donors (Lipinski definition) is 0. The molecular weight excluding hydrogens is 276 g/mol. The number of hydrogen-bond acceptors (Lipinski definition) is 0. The number of rotatable bonds is 1. The molecular formula is C11H15ClF4S. The normalized spacial score (nSPS) is 16.6. The summed E-state index contributed by atoms with van der Waals surface area (Å²) < 4.78 is 53.6. The first kappa shape index (κ1) is 14.6. The van der Waals surface area contributed by atoms with Gasteiger partial charge in [-0.05, 0) is 62.4 Å². The van der Waals surface area contributed by atoms with Crippen molar-refractivity contribution >= 4 is 19.7 Å². The molecule has 0 aliphatic heterocycles. The molecule has 0 heterocycles. The molecule has 1 aromatic carbocycles. The van der Waals surface area contributed by atoms with Crippen LogP contribution in [0, 0.1) is 34.6 Å². The predicted octanol–water partition coefficient (Wildman–Crippen LogP) is 6.16. The van der Waals surface area contributed by atoms with E-state index in [0.717, 1.165) is 5.56 Å². The van der Waals surface area contributed by atoms with Crippen molar-refractivity contribution in [1.29, 1.82) is 0 Å². The van der Waals surface area contributed by atoms with Gasteiger partial charge in [0.25, 0.3) is 9.05 Å². The molecule has 1 rings (SSSR count). The molecule has 0 N–H and O–H groups in total. The Morgan fingerprint density at radius 1 is 0.647 bits per heavy atom. The van der Waals surface area contributed by atoms with Gasteiger partial charge in [-0.3, -0.25) is 0 Å². The Morgan fingerprint density at radius 3 is 1.12 bits per heavy atom. The van der Waals surface area contributed by atoms with Gasteiger partial charge in [-0.25, -0.2) is 0 Å². The minimum Gasteiger partial charge on any atom is -0.107 e. The summed E-state index contributed by atoms with van der Waals surface area (Å²) in [6.45, 7) is 7.31. The van der Waals surface area contributed by atoms with Crippen LogP contribution in [0.3, 0.4) is 0 Å². The van der Waals surface area contributed by atoms with Crippen molar-refractivity contribution in [1.82, 2.24) is 0 Å². The Bertz CT molecular complexity index is 473. The minimum absolute atomic E-state index is 0.128. The van der Waals surface area contributed by atoms with E-state index in [4.69, 9.17) is 0 Å². The van der Waals surface area contributed by atoms with E-state index < -0.39 is 13.9 Å². The SMILES string of the molecule is Cc1c(C)c(C)c(S(F)(F)(F)(F)Cl)c(C)c1C. The van der Waals surface area contributed by atoms with Crippen molar-refractivity contribution < 1.29 is 15.5 Å². The van der Waals surface area contributed by atoms with E-state index in [-0.39, 0.29) is 11.1 Å². The highest BCUT2D eigenvalue weighted by molar-refractivity contribution is 8.65. The average Bonchev–Trinajstić information content (AvgIpc) is 2.07. The van der Waals surface area contributed by atoms with Gasteiger partial charge >= 0.3 is 0 Å². The second-order valence-corrected chi connectivity index (χ2v) is 8.63. The van der Waals surface area contributed by atoms with E-state index in [1.807, 2.05) is 0 Å². The van der Waals surface area contributed by atoms with Crippen LogP contribution in [0.4, 0.5) is 15.5 Å². The first-order valence-corrected chi connectivity index (χ1v) is 7.85. The summed E-state index contributed by atoms with van der Waals surface area (Å²) in [6, 6.07) is 0. The van der Waals surface area contributed by atoms with Crippen LogP contribution in [0.15, 0.2) is 4.90 Å². The van der Waals surface area contributed by atoms with Crippen molar-refractivity contribution in [2.45, 2.75) is 39.5 Å². The van der Waals surface area contributed by atoms with E-state index in [9.17, 15) is 15.5 Å². The summed E-state index contributed by atoms with van der Waals surface area (Å²) >= 11 is 0. The molecule has 0 aromatic heterocycles.